The van der Waals surface area contributed by atoms with Crippen LogP contribution in [-0.2, 0) is 0 Å². The normalized spacial score (nSPS) is 15.0. The van der Waals surface area contributed by atoms with Gasteiger partial charge >= 0.3 is 0 Å². The van der Waals surface area contributed by atoms with Crippen molar-refractivity contribution in [3.05, 3.63) is 42.0 Å². The van der Waals surface area contributed by atoms with E-state index in [4.69, 9.17) is 18.9 Å². The Bertz CT molecular complexity index is 845. The van der Waals surface area contributed by atoms with Gasteiger partial charge in [0.05, 0.1) is 18.8 Å². The molecule has 0 aromatic heterocycles. The number of ether oxygens (including phenoxy) is 4. The Balaban J connectivity index is 1.31. The van der Waals surface area contributed by atoms with Gasteiger partial charge in [-0.1, -0.05) is 0 Å². The number of Topliss-reactive ketones (excluding diaryl/α,β-unsaturated/α-hetero) is 1. The predicted molar refractivity (Wildman–Crippen MR) is 106 cm³/mol. The van der Waals surface area contributed by atoms with Crippen LogP contribution in [-0.4, -0.2) is 38.9 Å². The van der Waals surface area contributed by atoms with Gasteiger partial charge in [0.2, 0.25) is 6.79 Å². The minimum Gasteiger partial charge on any atom is -0.493 e. The van der Waals surface area contributed by atoms with Gasteiger partial charge in [0.15, 0.2) is 17.3 Å². The molecule has 0 bridgehead atoms. The Labute approximate surface area is 165 Å². The van der Waals surface area contributed by atoms with Crippen LogP contribution in [0.3, 0.4) is 0 Å². The van der Waals surface area contributed by atoms with E-state index in [1.54, 1.807) is 6.92 Å². The Morgan fingerprint density at radius 2 is 1.79 bits per heavy atom. The van der Waals surface area contributed by atoms with Crippen LogP contribution in [0.2, 0.25) is 0 Å². The molecule has 1 saturated heterocycles. The number of carbonyl (C=O) groups excluding carboxylic acids is 1. The maximum Gasteiger partial charge on any atom is 0.231 e. The molecule has 0 N–H and O–H groups in total. The van der Waals surface area contributed by atoms with E-state index in [1.807, 2.05) is 36.4 Å². The highest BCUT2D eigenvalue weighted by Crippen LogP contribution is 2.35. The molecule has 2 heterocycles. The van der Waals surface area contributed by atoms with E-state index in [-0.39, 0.29) is 12.6 Å². The predicted octanol–water partition coefficient (Wildman–Crippen LogP) is 4.07. The smallest absolute Gasteiger partial charge is 0.231 e. The monoisotopic (exact) mass is 383 g/mol. The van der Waals surface area contributed by atoms with E-state index in [1.165, 1.54) is 12.8 Å². The van der Waals surface area contributed by atoms with Gasteiger partial charge in [-0.3, -0.25) is 4.79 Å². The molecule has 0 unspecified atom stereocenters. The summed E-state index contributed by atoms with van der Waals surface area (Å²) in [5.74, 6) is 2.85. The lowest BCUT2D eigenvalue weighted by Gasteiger charge is -2.20. The van der Waals surface area contributed by atoms with Gasteiger partial charge in [-0.15, -0.1) is 0 Å². The summed E-state index contributed by atoms with van der Waals surface area (Å²) >= 11 is 0. The van der Waals surface area contributed by atoms with E-state index in [0.717, 1.165) is 30.3 Å². The molecule has 1 fully saturated rings. The quantitative estimate of drug-likeness (QED) is 0.506. The summed E-state index contributed by atoms with van der Waals surface area (Å²) in [6, 6.07) is 11.4. The lowest BCUT2D eigenvalue weighted by molar-refractivity contribution is 0.101. The zero-order valence-electron chi connectivity index (χ0n) is 16.1. The number of hydrogen-bond donors (Lipinski definition) is 0. The van der Waals surface area contributed by atoms with E-state index in [2.05, 4.69) is 4.90 Å². The number of hydrogen-bond acceptors (Lipinski definition) is 6. The van der Waals surface area contributed by atoms with Crippen LogP contribution in [0.4, 0.5) is 5.69 Å². The van der Waals surface area contributed by atoms with Gasteiger partial charge in [0.25, 0.3) is 0 Å². The van der Waals surface area contributed by atoms with Gasteiger partial charge in [-0.05, 0) is 44.0 Å². The van der Waals surface area contributed by atoms with Gasteiger partial charge in [-0.25, -0.2) is 0 Å². The number of anilines is 1. The number of rotatable bonds is 8. The van der Waals surface area contributed by atoms with Crippen molar-refractivity contribution in [2.75, 3.05) is 38.0 Å². The Kier molecular flexibility index (Phi) is 5.55. The second-order valence-electron chi connectivity index (χ2n) is 7.00. The maximum atomic E-state index is 11.9. The van der Waals surface area contributed by atoms with Crippen LogP contribution in [0.1, 0.15) is 36.5 Å². The van der Waals surface area contributed by atoms with Crippen molar-refractivity contribution in [2.24, 2.45) is 0 Å². The number of nitrogens with zero attached hydrogens (tertiary/aromatic N) is 1. The zero-order valence-corrected chi connectivity index (χ0v) is 16.1. The molecule has 0 atom stereocenters. The third-order valence-corrected chi connectivity index (χ3v) is 4.97. The zero-order chi connectivity index (χ0) is 19.3. The average Bonchev–Trinajstić information content (AvgIpc) is 3.39. The minimum atomic E-state index is 0.0135. The summed E-state index contributed by atoms with van der Waals surface area (Å²) < 4.78 is 22.3. The van der Waals surface area contributed by atoms with Gasteiger partial charge < -0.3 is 23.8 Å². The molecule has 28 heavy (non-hydrogen) atoms. The SMILES string of the molecule is CC(=O)c1ccc(N2CCCC2)cc1OCCCOc1ccc2c(c1)OCO2. The van der Waals surface area contributed by atoms with Crippen LogP contribution in [0.15, 0.2) is 36.4 Å². The second kappa shape index (κ2) is 8.42. The van der Waals surface area contributed by atoms with E-state index in [0.29, 0.717) is 36.7 Å². The van der Waals surface area contributed by atoms with Crippen molar-refractivity contribution >= 4 is 11.5 Å². The third-order valence-electron chi connectivity index (χ3n) is 4.97. The van der Waals surface area contributed by atoms with Gasteiger partial charge in [-0.2, -0.15) is 0 Å². The first-order valence-electron chi connectivity index (χ1n) is 9.76. The minimum absolute atomic E-state index is 0.0135. The van der Waals surface area contributed by atoms with E-state index < -0.39 is 0 Å². The number of benzene rings is 2. The molecule has 2 aromatic carbocycles. The summed E-state index contributed by atoms with van der Waals surface area (Å²) in [7, 11) is 0. The van der Waals surface area contributed by atoms with Crippen molar-refractivity contribution in [1.29, 1.82) is 0 Å². The topological polar surface area (TPSA) is 57.2 Å². The number of fused-ring (bicyclic) bond motifs is 1. The molecule has 2 aliphatic heterocycles. The molecule has 0 spiro atoms. The third kappa shape index (κ3) is 4.16. The molecular weight excluding hydrogens is 358 g/mol. The molecule has 0 saturated carbocycles. The summed E-state index contributed by atoms with van der Waals surface area (Å²) in [6.45, 7) is 4.93. The lowest BCUT2D eigenvalue weighted by Crippen LogP contribution is -2.18. The Hall–Kier alpha value is -2.89. The fourth-order valence-electron chi connectivity index (χ4n) is 3.49. The highest BCUT2D eigenvalue weighted by atomic mass is 16.7. The van der Waals surface area contributed by atoms with Crippen molar-refractivity contribution in [3.8, 4) is 23.0 Å². The Morgan fingerprint density at radius 1 is 1.00 bits per heavy atom. The van der Waals surface area contributed by atoms with Crippen LogP contribution in [0.5, 0.6) is 23.0 Å². The van der Waals surface area contributed by atoms with Crippen molar-refractivity contribution < 1.29 is 23.7 Å². The molecule has 0 aliphatic carbocycles. The molecular formula is C22H25NO5. The van der Waals surface area contributed by atoms with Crippen molar-refractivity contribution in [2.45, 2.75) is 26.2 Å². The van der Waals surface area contributed by atoms with Crippen molar-refractivity contribution in [1.82, 2.24) is 0 Å². The standard InChI is InChI=1S/C22H25NO5/c1-16(24)19-7-5-17(23-9-2-3-10-23)13-21(19)26-12-4-11-25-18-6-8-20-22(14-18)28-15-27-20/h5-8,13-14H,2-4,9-12,15H2,1H3. The van der Waals surface area contributed by atoms with Gasteiger partial charge in [0, 0.05) is 37.3 Å². The molecule has 4 rings (SSSR count). The molecule has 2 aliphatic rings. The second-order valence-corrected chi connectivity index (χ2v) is 7.00. The first kappa shape index (κ1) is 18.5. The summed E-state index contributed by atoms with van der Waals surface area (Å²) in [6.07, 6.45) is 3.13. The van der Waals surface area contributed by atoms with Crippen LogP contribution in [0, 0.1) is 0 Å². The van der Waals surface area contributed by atoms with E-state index >= 15 is 0 Å². The Morgan fingerprint density at radius 3 is 2.61 bits per heavy atom. The molecule has 2 aromatic rings. The highest BCUT2D eigenvalue weighted by Gasteiger charge is 2.16. The van der Waals surface area contributed by atoms with Crippen molar-refractivity contribution in [3.63, 3.8) is 0 Å². The molecule has 148 valence electrons. The molecule has 6 heteroatoms. The van der Waals surface area contributed by atoms with Gasteiger partial charge in [0.1, 0.15) is 11.5 Å². The molecule has 0 amide bonds. The largest absolute Gasteiger partial charge is 0.493 e. The number of ketones is 1. The van der Waals surface area contributed by atoms with Crippen LogP contribution >= 0.6 is 0 Å². The summed E-state index contributed by atoms with van der Waals surface area (Å²) in [4.78, 5) is 14.3. The lowest BCUT2D eigenvalue weighted by atomic mass is 10.1. The number of carbonyl (C=O) groups is 1. The fraction of sp³-hybridized carbons (Fsp3) is 0.409. The molecule has 0 radical (unpaired) electrons. The highest BCUT2D eigenvalue weighted by molar-refractivity contribution is 5.97. The fourth-order valence-corrected chi connectivity index (χ4v) is 3.49. The first-order valence-corrected chi connectivity index (χ1v) is 9.76. The van der Waals surface area contributed by atoms with Crippen LogP contribution in [0.25, 0.3) is 0 Å². The summed E-state index contributed by atoms with van der Waals surface area (Å²) in [5, 5.41) is 0. The van der Waals surface area contributed by atoms with E-state index in [9.17, 15) is 4.79 Å². The average molecular weight is 383 g/mol. The maximum absolute atomic E-state index is 11.9. The summed E-state index contributed by atoms with van der Waals surface area (Å²) in [5.41, 5.74) is 1.74. The first-order chi connectivity index (χ1) is 13.7. The van der Waals surface area contributed by atoms with Crippen LogP contribution < -0.4 is 23.8 Å². The molecule has 6 nitrogen and oxygen atoms in total.